The van der Waals surface area contributed by atoms with Crippen LogP contribution < -0.4 is 0 Å². The van der Waals surface area contributed by atoms with Crippen LogP contribution in [0.1, 0.15) is 12.5 Å². The van der Waals surface area contributed by atoms with Crippen LogP contribution in [-0.2, 0) is 0 Å². The van der Waals surface area contributed by atoms with Gasteiger partial charge in [0.25, 0.3) is 0 Å². The molecule has 0 unspecified atom stereocenters. The molecule has 0 bridgehead atoms. The van der Waals surface area contributed by atoms with Crippen LogP contribution in [0.4, 0.5) is 4.39 Å². The lowest BCUT2D eigenvalue weighted by Crippen LogP contribution is -2.26. The van der Waals surface area contributed by atoms with Crippen LogP contribution in [0.3, 0.4) is 0 Å². The molecule has 1 aliphatic heterocycles. The smallest absolute Gasteiger partial charge is 0.107 e. The number of halogens is 2. The molecule has 0 aliphatic carbocycles. The molecule has 94 valence electrons. The van der Waals surface area contributed by atoms with Crippen molar-refractivity contribution >= 4 is 17.3 Å². The number of nitrogens with zero attached hydrogens (tertiary/aromatic N) is 1. The fourth-order valence-electron chi connectivity index (χ4n) is 2.13. The van der Waals surface area contributed by atoms with Gasteiger partial charge in [-0.25, -0.2) is 4.39 Å². The minimum absolute atomic E-state index is 0.268. The molecule has 0 saturated carbocycles. The molecule has 3 heteroatoms. The first-order valence-corrected chi connectivity index (χ1v) is 6.19. The van der Waals surface area contributed by atoms with Crippen molar-refractivity contribution in [3.63, 3.8) is 0 Å². The second-order valence-corrected chi connectivity index (χ2v) is 4.58. The summed E-state index contributed by atoms with van der Waals surface area (Å²) < 4.78 is 12.7. The molecular formula is C15H15ClFN. The van der Waals surface area contributed by atoms with E-state index in [1.807, 2.05) is 48.2 Å². The van der Waals surface area contributed by atoms with Crippen LogP contribution in [0, 0.1) is 0 Å². The Morgan fingerprint density at radius 2 is 1.94 bits per heavy atom. The van der Waals surface area contributed by atoms with Crippen molar-refractivity contribution in [2.75, 3.05) is 13.2 Å². The number of hydrogen-bond donors (Lipinski definition) is 0. The van der Waals surface area contributed by atoms with Gasteiger partial charge in [0.2, 0.25) is 0 Å². The van der Waals surface area contributed by atoms with Gasteiger partial charge < -0.3 is 4.90 Å². The minimum Gasteiger partial charge on any atom is -0.337 e. The minimum atomic E-state index is -0.438. The molecule has 0 atom stereocenters. The Bertz CT molecular complexity index is 517. The van der Waals surface area contributed by atoms with Gasteiger partial charge in [-0.05, 0) is 24.1 Å². The summed E-state index contributed by atoms with van der Waals surface area (Å²) in [7, 11) is 0. The Balaban J connectivity index is 2.52. The third kappa shape index (κ3) is 2.34. The van der Waals surface area contributed by atoms with E-state index >= 15 is 0 Å². The highest BCUT2D eigenvalue weighted by atomic mass is 35.5. The summed E-state index contributed by atoms with van der Waals surface area (Å²) in [4.78, 5) is 1.84. The van der Waals surface area contributed by atoms with Crippen molar-refractivity contribution in [2.45, 2.75) is 6.92 Å². The molecule has 0 radical (unpaired) electrons. The van der Waals surface area contributed by atoms with Gasteiger partial charge in [-0.3, -0.25) is 0 Å². The van der Waals surface area contributed by atoms with E-state index in [9.17, 15) is 4.39 Å². The Kier molecular flexibility index (Phi) is 3.87. The number of rotatable bonds is 3. The van der Waals surface area contributed by atoms with Crippen molar-refractivity contribution in [2.24, 2.45) is 0 Å². The number of allylic oxidation sites excluding steroid dienone is 3. The molecule has 0 fully saturated rings. The molecule has 0 N–H and O–H groups in total. The topological polar surface area (TPSA) is 3.24 Å². The Morgan fingerprint density at radius 3 is 2.56 bits per heavy atom. The molecular weight excluding hydrogens is 249 g/mol. The zero-order valence-corrected chi connectivity index (χ0v) is 11.0. The van der Waals surface area contributed by atoms with Crippen LogP contribution in [0.5, 0.6) is 0 Å². The summed E-state index contributed by atoms with van der Waals surface area (Å²) in [5.74, 6) is 0. The highest BCUT2D eigenvalue weighted by Gasteiger charge is 2.22. The van der Waals surface area contributed by atoms with E-state index in [4.69, 9.17) is 11.6 Å². The van der Waals surface area contributed by atoms with E-state index in [2.05, 4.69) is 6.58 Å². The summed E-state index contributed by atoms with van der Waals surface area (Å²) in [6.45, 7) is 5.74. The Morgan fingerprint density at radius 1 is 1.28 bits per heavy atom. The number of hydrogen-bond acceptors (Lipinski definition) is 1. The zero-order chi connectivity index (χ0) is 13.1. The lowest BCUT2D eigenvalue weighted by Gasteiger charge is -2.32. The first-order valence-electron chi connectivity index (χ1n) is 5.81. The van der Waals surface area contributed by atoms with E-state index in [-0.39, 0.29) is 6.54 Å². The van der Waals surface area contributed by atoms with Gasteiger partial charge in [0.05, 0.1) is 23.0 Å². The number of benzene rings is 1. The van der Waals surface area contributed by atoms with Crippen molar-refractivity contribution in [3.8, 4) is 0 Å². The monoisotopic (exact) mass is 263 g/mol. The summed E-state index contributed by atoms with van der Waals surface area (Å²) in [5.41, 5.74) is 3.69. The van der Waals surface area contributed by atoms with Crippen LogP contribution in [-0.4, -0.2) is 18.1 Å². The standard InChI is InChI=1S/C15H15ClFN/c1-11-10-14(16)12(2)18(9-8-17)15(11)13-6-4-3-5-7-13/h3-7,10H,2,8-9H2,1H3. The lowest BCUT2D eigenvalue weighted by molar-refractivity contribution is 0.393. The quantitative estimate of drug-likeness (QED) is 0.784. The Labute approximate surface area is 112 Å². The average molecular weight is 264 g/mol. The van der Waals surface area contributed by atoms with E-state index in [1.54, 1.807) is 0 Å². The highest BCUT2D eigenvalue weighted by molar-refractivity contribution is 6.32. The molecule has 1 heterocycles. The van der Waals surface area contributed by atoms with Gasteiger partial charge >= 0.3 is 0 Å². The summed E-state index contributed by atoms with van der Waals surface area (Å²) in [6, 6.07) is 9.89. The largest absolute Gasteiger partial charge is 0.337 e. The fraction of sp³-hybridized carbons (Fsp3) is 0.200. The van der Waals surface area contributed by atoms with Crippen LogP contribution in [0.15, 0.2) is 59.3 Å². The maximum Gasteiger partial charge on any atom is 0.107 e. The van der Waals surface area contributed by atoms with Gasteiger partial charge in [-0.15, -0.1) is 0 Å². The fourth-order valence-corrected chi connectivity index (χ4v) is 2.40. The summed E-state index contributed by atoms with van der Waals surface area (Å²) in [6.07, 6.45) is 1.88. The second-order valence-electron chi connectivity index (χ2n) is 4.18. The second kappa shape index (κ2) is 5.40. The van der Waals surface area contributed by atoms with Crippen molar-refractivity contribution in [3.05, 3.63) is 64.9 Å². The summed E-state index contributed by atoms with van der Waals surface area (Å²) >= 11 is 6.11. The average Bonchev–Trinajstić information content (AvgIpc) is 2.37. The van der Waals surface area contributed by atoms with Crippen molar-refractivity contribution in [1.82, 2.24) is 4.90 Å². The summed E-state index contributed by atoms with van der Waals surface area (Å²) in [5, 5.41) is 0.570. The molecule has 2 rings (SSSR count). The third-order valence-corrected chi connectivity index (χ3v) is 3.27. The molecule has 0 spiro atoms. The normalized spacial score (nSPS) is 16.1. The zero-order valence-electron chi connectivity index (χ0n) is 10.3. The molecule has 1 aromatic rings. The maximum atomic E-state index is 12.7. The predicted octanol–water partition coefficient (Wildman–Crippen LogP) is 4.34. The van der Waals surface area contributed by atoms with E-state index in [1.165, 1.54) is 0 Å². The third-order valence-electron chi connectivity index (χ3n) is 2.94. The van der Waals surface area contributed by atoms with Crippen LogP contribution in [0.25, 0.3) is 5.70 Å². The SMILES string of the molecule is C=C1C(Cl)=CC(C)=C(c2ccccc2)N1CCF. The van der Waals surface area contributed by atoms with Crippen LogP contribution in [0.2, 0.25) is 0 Å². The molecule has 0 aromatic heterocycles. The van der Waals surface area contributed by atoms with Gasteiger partial charge in [0, 0.05) is 0 Å². The van der Waals surface area contributed by atoms with Gasteiger partial charge in [-0.2, -0.15) is 0 Å². The molecule has 1 nitrogen and oxygen atoms in total. The lowest BCUT2D eigenvalue weighted by atomic mass is 10.0. The maximum absolute atomic E-state index is 12.7. The molecule has 0 amide bonds. The van der Waals surface area contributed by atoms with Gasteiger partial charge in [-0.1, -0.05) is 48.5 Å². The van der Waals surface area contributed by atoms with Crippen LogP contribution >= 0.6 is 11.6 Å². The first kappa shape index (κ1) is 12.9. The molecule has 1 aromatic carbocycles. The molecule has 0 saturated heterocycles. The Hall–Kier alpha value is -1.54. The van der Waals surface area contributed by atoms with Crippen molar-refractivity contribution in [1.29, 1.82) is 0 Å². The number of alkyl halides is 1. The highest BCUT2D eigenvalue weighted by Crippen LogP contribution is 2.35. The predicted molar refractivity (Wildman–Crippen MR) is 74.8 cm³/mol. The van der Waals surface area contributed by atoms with Crippen molar-refractivity contribution < 1.29 is 4.39 Å². The van der Waals surface area contributed by atoms with E-state index in [0.717, 1.165) is 16.8 Å². The van der Waals surface area contributed by atoms with E-state index in [0.29, 0.717) is 10.7 Å². The van der Waals surface area contributed by atoms with Gasteiger partial charge in [0.1, 0.15) is 6.67 Å². The molecule has 18 heavy (non-hydrogen) atoms. The van der Waals surface area contributed by atoms with E-state index < -0.39 is 6.67 Å². The molecule has 1 aliphatic rings. The first-order chi connectivity index (χ1) is 8.65. The van der Waals surface area contributed by atoms with Gasteiger partial charge in [0.15, 0.2) is 0 Å².